The Morgan fingerprint density at radius 2 is 2.04 bits per heavy atom. The van der Waals surface area contributed by atoms with E-state index in [4.69, 9.17) is 0 Å². The normalized spacial score (nSPS) is 16.6. The van der Waals surface area contributed by atoms with Crippen molar-refractivity contribution in [1.29, 1.82) is 0 Å². The monoisotopic (exact) mass is 324 g/mol. The van der Waals surface area contributed by atoms with Gasteiger partial charge in [0.1, 0.15) is 0 Å². The van der Waals surface area contributed by atoms with Gasteiger partial charge in [0, 0.05) is 6.61 Å². The molecule has 1 fully saturated rings. The maximum atomic E-state index is 9.28. The highest BCUT2D eigenvalue weighted by Crippen LogP contribution is 2.39. The first-order valence-corrected chi connectivity index (χ1v) is 9.37. The van der Waals surface area contributed by atoms with E-state index in [0.717, 1.165) is 12.3 Å². The van der Waals surface area contributed by atoms with Crippen molar-refractivity contribution in [2.45, 2.75) is 59.8 Å². The number of aliphatic hydroxyl groups excluding tert-OH is 1. The first-order valence-electron chi connectivity index (χ1n) is 9.37. The molecular formula is C23H32O. The molecule has 1 aromatic carbocycles. The molecule has 1 aromatic rings. The standard InChI is InChI=1S/C23H32O/c1-5-7-9-21(20-12-13-20)16-17(3)22(6-2)23-11-8-10-19(14-15-24)18(23)4/h6,8-11,16,20,24H,5,7,12-15H2,1-4H3/b17-16-,21-9-,22-6+. The number of hydrogen-bond donors (Lipinski definition) is 1. The molecule has 0 aromatic heterocycles. The molecule has 0 spiro atoms. The maximum Gasteiger partial charge on any atom is 0.0471 e. The highest BCUT2D eigenvalue weighted by atomic mass is 16.2. The Labute approximate surface area is 147 Å². The van der Waals surface area contributed by atoms with E-state index < -0.39 is 0 Å². The fourth-order valence-electron chi connectivity index (χ4n) is 3.36. The summed E-state index contributed by atoms with van der Waals surface area (Å²) in [7, 11) is 0. The average molecular weight is 325 g/mol. The molecule has 0 bridgehead atoms. The number of rotatable bonds is 8. The third-order valence-corrected chi connectivity index (χ3v) is 4.93. The van der Waals surface area contributed by atoms with Crippen molar-refractivity contribution in [3.05, 3.63) is 64.3 Å². The van der Waals surface area contributed by atoms with Crippen LogP contribution in [-0.2, 0) is 6.42 Å². The fraction of sp³-hybridized carbons (Fsp3) is 0.478. The number of benzene rings is 1. The van der Waals surface area contributed by atoms with Gasteiger partial charge in [0.15, 0.2) is 0 Å². The molecule has 1 N–H and O–H groups in total. The van der Waals surface area contributed by atoms with Gasteiger partial charge in [0.05, 0.1) is 0 Å². The highest BCUT2D eigenvalue weighted by Gasteiger charge is 2.24. The van der Waals surface area contributed by atoms with Crippen molar-refractivity contribution in [2.75, 3.05) is 6.61 Å². The summed E-state index contributed by atoms with van der Waals surface area (Å²) in [6, 6.07) is 6.44. The number of allylic oxidation sites excluding steroid dienone is 6. The third kappa shape index (κ3) is 4.70. The first kappa shape index (κ1) is 18.7. The highest BCUT2D eigenvalue weighted by molar-refractivity contribution is 5.81. The summed E-state index contributed by atoms with van der Waals surface area (Å²) >= 11 is 0. The van der Waals surface area contributed by atoms with Gasteiger partial charge in [0.25, 0.3) is 0 Å². The molecular weight excluding hydrogens is 292 g/mol. The Balaban J connectivity index is 2.34. The van der Waals surface area contributed by atoms with Gasteiger partial charge in [-0.25, -0.2) is 0 Å². The molecule has 1 aliphatic carbocycles. The first-order chi connectivity index (χ1) is 11.6. The Hall–Kier alpha value is -1.60. The molecule has 0 radical (unpaired) electrons. The SMILES string of the molecule is C\C=C(/C(C)=C\C(=C\CCC)C1CC1)c1cccc(CCO)c1C. The number of unbranched alkanes of at least 4 members (excludes halogenated alkanes) is 1. The third-order valence-electron chi connectivity index (χ3n) is 4.93. The van der Waals surface area contributed by atoms with E-state index in [1.165, 1.54) is 59.1 Å². The lowest BCUT2D eigenvalue weighted by Crippen LogP contribution is -1.99. The Morgan fingerprint density at radius 1 is 1.29 bits per heavy atom. The minimum absolute atomic E-state index is 0.204. The second-order valence-electron chi connectivity index (χ2n) is 6.86. The smallest absolute Gasteiger partial charge is 0.0471 e. The fourth-order valence-corrected chi connectivity index (χ4v) is 3.36. The Kier molecular flexibility index (Phi) is 7.05. The van der Waals surface area contributed by atoms with Crippen LogP contribution in [0.15, 0.2) is 47.6 Å². The Morgan fingerprint density at radius 3 is 2.62 bits per heavy atom. The Bertz CT molecular complexity index is 642. The van der Waals surface area contributed by atoms with E-state index >= 15 is 0 Å². The summed E-state index contributed by atoms with van der Waals surface area (Å²) in [5.41, 5.74) is 8.01. The molecule has 0 aliphatic heterocycles. The van der Waals surface area contributed by atoms with Crippen LogP contribution in [-0.4, -0.2) is 11.7 Å². The van der Waals surface area contributed by atoms with Crippen molar-refractivity contribution < 1.29 is 5.11 Å². The van der Waals surface area contributed by atoms with E-state index in [9.17, 15) is 5.11 Å². The molecule has 0 atom stereocenters. The quantitative estimate of drug-likeness (QED) is 0.580. The largest absolute Gasteiger partial charge is 0.396 e. The van der Waals surface area contributed by atoms with Crippen LogP contribution in [0.25, 0.3) is 5.57 Å². The summed E-state index contributed by atoms with van der Waals surface area (Å²) in [5, 5.41) is 9.28. The molecule has 1 nitrogen and oxygen atoms in total. The summed E-state index contributed by atoms with van der Waals surface area (Å²) in [6.07, 6.45) is 12.9. The zero-order valence-corrected chi connectivity index (χ0v) is 15.7. The average Bonchev–Trinajstić information content (AvgIpc) is 3.40. The van der Waals surface area contributed by atoms with Crippen LogP contribution in [0.5, 0.6) is 0 Å². The molecule has 0 unspecified atom stereocenters. The zero-order valence-electron chi connectivity index (χ0n) is 15.7. The van der Waals surface area contributed by atoms with Crippen LogP contribution in [0.4, 0.5) is 0 Å². The number of aliphatic hydroxyl groups is 1. The van der Waals surface area contributed by atoms with E-state index in [0.29, 0.717) is 0 Å². The summed E-state index contributed by atoms with van der Waals surface area (Å²) in [6.45, 7) is 8.97. The summed E-state index contributed by atoms with van der Waals surface area (Å²) in [4.78, 5) is 0. The van der Waals surface area contributed by atoms with E-state index in [1.807, 2.05) is 0 Å². The van der Waals surface area contributed by atoms with Crippen LogP contribution < -0.4 is 0 Å². The summed E-state index contributed by atoms with van der Waals surface area (Å²) < 4.78 is 0. The molecule has 24 heavy (non-hydrogen) atoms. The minimum Gasteiger partial charge on any atom is -0.396 e. The zero-order chi connectivity index (χ0) is 17.5. The van der Waals surface area contributed by atoms with Crippen molar-refractivity contribution in [2.24, 2.45) is 5.92 Å². The molecule has 130 valence electrons. The lowest BCUT2D eigenvalue weighted by atomic mass is 9.90. The topological polar surface area (TPSA) is 20.2 Å². The van der Waals surface area contributed by atoms with Gasteiger partial charge in [-0.05, 0) is 85.8 Å². The lowest BCUT2D eigenvalue weighted by molar-refractivity contribution is 0.299. The van der Waals surface area contributed by atoms with Gasteiger partial charge in [-0.3, -0.25) is 0 Å². The molecule has 0 heterocycles. The molecule has 0 saturated heterocycles. The molecule has 1 saturated carbocycles. The molecule has 0 amide bonds. The summed E-state index contributed by atoms with van der Waals surface area (Å²) in [5.74, 6) is 0.784. The van der Waals surface area contributed by atoms with Crippen LogP contribution in [0.1, 0.15) is 63.1 Å². The van der Waals surface area contributed by atoms with Crippen LogP contribution in [0, 0.1) is 12.8 Å². The van der Waals surface area contributed by atoms with Gasteiger partial charge in [0.2, 0.25) is 0 Å². The van der Waals surface area contributed by atoms with Gasteiger partial charge >= 0.3 is 0 Å². The van der Waals surface area contributed by atoms with Gasteiger partial charge in [-0.15, -0.1) is 0 Å². The van der Waals surface area contributed by atoms with Crippen molar-refractivity contribution in [3.8, 4) is 0 Å². The molecule has 1 heteroatoms. The van der Waals surface area contributed by atoms with E-state index in [-0.39, 0.29) is 6.61 Å². The van der Waals surface area contributed by atoms with Crippen molar-refractivity contribution in [1.82, 2.24) is 0 Å². The predicted octanol–water partition coefficient (Wildman–Crippen LogP) is 6.02. The minimum atomic E-state index is 0.204. The van der Waals surface area contributed by atoms with Crippen molar-refractivity contribution in [3.63, 3.8) is 0 Å². The number of hydrogen-bond acceptors (Lipinski definition) is 1. The maximum absolute atomic E-state index is 9.28. The van der Waals surface area contributed by atoms with Gasteiger partial charge < -0.3 is 5.11 Å². The molecule has 1 aliphatic rings. The van der Waals surface area contributed by atoms with Crippen LogP contribution >= 0.6 is 0 Å². The van der Waals surface area contributed by atoms with Crippen LogP contribution in [0.3, 0.4) is 0 Å². The lowest BCUT2D eigenvalue weighted by Gasteiger charge is -2.15. The van der Waals surface area contributed by atoms with Crippen molar-refractivity contribution >= 4 is 5.57 Å². The van der Waals surface area contributed by atoms with E-state index in [2.05, 4.69) is 64.1 Å². The second-order valence-corrected chi connectivity index (χ2v) is 6.86. The second kappa shape index (κ2) is 9.03. The van der Waals surface area contributed by atoms with E-state index in [1.54, 1.807) is 0 Å². The van der Waals surface area contributed by atoms with Gasteiger partial charge in [-0.1, -0.05) is 49.8 Å². The van der Waals surface area contributed by atoms with Gasteiger partial charge in [-0.2, -0.15) is 0 Å². The molecule has 2 rings (SSSR count). The predicted molar refractivity (Wildman–Crippen MR) is 105 cm³/mol. The van der Waals surface area contributed by atoms with Crippen LogP contribution in [0.2, 0.25) is 0 Å².